The molecule has 4 nitrogen and oxygen atoms in total. The van der Waals surface area contributed by atoms with Gasteiger partial charge in [0.15, 0.2) is 0 Å². The Kier molecular flexibility index (Phi) is 2.86. The van der Waals surface area contributed by atoms with Crippen LogP contribution >= 0.6 is 0 Å². The molecule has 0 aliphatic heterocycles. The fourth-order valence-corrected chi connectivity index (χ4v) is 5.33. The molecule has 1 aromatic heterocycles. The molecule has 20 heavy (non-hydrogen) atoms. The molecular weight excluding hydrogens is 252 g/mol. The number of nitrogens with one attached hydrogen (secondary N) is 1. The van der Waals surface area contributed by atoms with Crippen LogP contribution in [0.1, 0.15) is 55.8 Å². The van der Waals surface area contributed by atoms with Crippen molar-refractivity contribution in [1.29, 1.82) is 0 Å². The lowest BCUT2D eigenvalue weighted by Gasteiger charge is -2.54. The average molecular weight is 274 g/mol. The highest BCUT2D eigenvalue weighted by molar-refractivity contribution is 5.66. The van der Waals surface area contributed by atoms with Gasteiger partial charge in [-0.25, -0.2) is 0 Å². The van der Waals surface area contributed by atoms with E-state index in [1.54, 1.807) is 0 Å². The summed E-state index contributed by atoms with van der Waals surface area (Å²) < 4.78 is 0. The Morgan fingerprint density at radius 1 is 1.20 bits per heavy atom. The van der Waals surface area contributed by atoms with E-state index in [2.05, 4.69) is 16.3 Å². The number of aromatic amines is 1. The normalized spacial score (nSPS) is 38.3. The largest absolute Gasteiger partial charge is 0.481 e. The molecule has 2 N–H and O–H groups in total. The van der Waals surface area contributed by atoms with Crippen molar-refractivity contribution in [2.75, 3.05) is 0 Å². The molecule has 0 aromatic carbocycles. The van der Waals surface area contributed by atoms with Crippen molar-refractivity contribution in [2.24, 2.45) is 23.7 Å². The Morgan fingerprint density at radius 3 is 2.45 bits per heavy atom. The van der Waals surface area contributed by atoms with Crippen molar-refractivity contribution in [1.82, 2.24) is 10.2 Å². The number of carbonyl (C=O) groups is 1. The van der Waals surface area contributed by atoms with Crippen LogP contribution in [0.25, 0.3) is 0 Å². The molecule has 0 atom stereocenters. The topological polar surface area (TPSA) is 66.0 Å². The number of hydrogen-bond acceptors (Lipinski definition) is 2. The summed E-state index contributed by atoms with van der Waals surface area (Å²) in [6.45, 7) is 0. The Bertz CT molecular complexity index is 494. The van der Waals surface area contributed by atoms with Crippen LogP contribution in [0.5, 0.6) is 0 Å². The molecule has 4 bridgehead atoms. The fraction of sp³-hybridized carbons (Fsp3) is 0.750. The summed E-state index contributed by atoms with van der Waals surface area (Å²) in [6.07, 6.45) is 7.82. The van der Waals surface area contributed by atoms with Gasteiger partial charge in [-0.05, 0) is 68.3 Å². The monoisotopic (exact) mass is 274 g/mol. The first-order valence-electron chi connectivity index (χ1n) is 7.95. The zero-order valence-corrected chi connectivity index (χ0v) is 11.7. The van der Waals surface area contributed by atoms with Crippen molar-refractivity contribution < 1.29 is 9.90 Å². The molecule has 0 unspecified atom stereocenters. The minimum atomic E-state index is -0.740. The Labute approximate surface area is 119 Å². The van der Waals surface area contributed by atoms with Gasteiger partial charge >= 0.3 is 5.97 Å². The summed E-state index contributed by atoms with van der Waals surface area (Å²) in [4.78, 5) is 10.6. The van der Waals surface area contributed by atoms with Crippen LogP contribution in [0.2, 0.25) is 0 Å². The van der Waals surface area contributed by atoms with E-state index in [-0.39, 0.29) is 6.42 Å². The predicted octanol–water partition coefficient (Wildman–Crippen LogP) is 2.97. The standard InChI is InChI=1S/C16H22N2O2/c19-15(20)2-1-13-8-14(18-17-13)16-11-4-9-3-10(6-11)7-12(16)5-9/h8-12,16H,1-7H2,(H,17,18)(H,19,20). The van der Waals surface area contributed by atoms with Gasteiger partial charge in [-0.15, -0.1) is 0 Å². The molecule has 4 aliphatic carbocycles. The van der Waals surface area contributed by atoms with Crippen LogP contribution < -0.4 is 0 Å². The molecule has 4 aliphatic rings. The summed E-state index contributed by atoms with van der Waals surface area (Å²) >= 11 is 0. The molecule has 4 saturated carbocycles. The quantitative estimate of drug-likeness (QED) is 0.887. The SMILES string of the molecule is O=C(O)CCc1cc(C2C3CC4CC(C3)CC2C4)n[nH]1. The molecule has 4 heteroatoms. The minimum absolute atomic E-state index is 0.184. The summed E-state index contributed by atoms with van der Waals surface area (Å²) in [6, 6.07) is 2.13. The van der Waals surface area contributed by atoms with Crippen molar-refractivity contribution >= 4 is 5.97 Å². The van der Waals surface area contributed by atoms with Crippen LogP contribution in [0.4, 0.5) is 0 Å². The van der Waals surface area contributed by atoms with Crippen molar-refractivity contribution in [3.05, 3.63) is 17.5 Å². The van der Waals surface area contributed by atoms with Gasteiger partial charge in [0, 0.05) is 11.6 Å². The average Bonchev–Trinajstić information content (AvgIpc) is 2.83. The highest BCUT2D eigenvalue weighted by atomic mass is 16.4. The van der Waals surface area contributed by atoms with E-state index in [1.165, 1.54) is 37.8 Å². The van der Waals surface area contributed by atoms with Crippen LogP contribution in [0, 0.1) is 23.7 Å². The second-order valence-electron chi connectivity index (χ2n) is 7.17. The number of aryl methyl sites for hydroxylation is 1. The summed E-state index contributed by atoms with van der Waals surface area (Å²) in [7, 11) is 0. The molecule has 0 amide bonds. The van der Waals surface area contributed by atoms with Crippen LogP contribution in [0.3, 0.4) is 0 Å². The molecule has 0 radical (unpaired) electrons. The zero-order valence-electron chi connectivity index (χ0n) is 11.7. The van der Waals surface area contributed by atoms with E-state index in [0.29, 0.717) is 12.3 Å². The van der Waals surface area contributed by atoms with E-state index in [0.717, 1.165) is 29.4 Å². The smallest absolute Gasteiger partial charge is 0.303 e. The third-order valence-corrected chi connectivity index (χ3v) is 5.83. The van der Waals surface area contributed by atoms with Gasteiger partial charge in [-0.3, -0.25) is 9.89 Å². The highest BCUT2D eigenvalue weighted by Gasteiger charge is 2.49. The van der Waals surface area contributed by atoms with Crippen molar-refractivity contribution in [3.63, 3.8) is 0 Å². The van der Waals surface area contributed by atoms with Gasteiger partial charge in [0.05, 0.1) is 12.1 Å². The maximum atomic E-state index is 10.6. The maximum Gasteiger partial charge on any atom is 0.303 e. The predicted molar refractivity (Wildman–Crippen MR) is 74.3 cm³/mol. The molecule has 0 saturated heterocycles. The number of aliphatic carboxylic acids is 1. The fourth-order valence-electron chi connectivity index (χ4n) is 5.33. The van der Waals surface area contributed by atoms with Gasteiger partial charge in [-0.2, -0.15) is 5.10 Å². The second-order valence-corrected chi connectivity index (χ2v) is 7.17. The number of rotatable bonds is 4. The first kappa shape index (κ1) is 12.4. The zero-order chi connectivity index (χ0) is 13.7. The van der Waals surface area contributed by atoms with E-state index < -0.39 is 5.97 Å². The number of hydrogen-bond donors (Lipinski definition) is 2. The number of H-pyrrole nitrogens is 1. The summed E-state index contributed by atoms with van der Waals surface area (Å²) in [5.74, 6) is 3.54. The molecule has 0 spiro atoms. The van der Waals surface area contributed by atoms with E-state index in [4.69, 9.17) is 5.11 Å². The molecule has 4 fully saturated rings. The molecule has 1 aromatic rings. The highest BCUT2D eigenvalue weighted by Crippen LogP contribution is 2.59. The van der Waals surface area contributed by atoms with E-state index >= 15 is 0 Å². The van der Waals surface area contributed by atoms with Gasteiger partial charge < -0.3 is 5.11 Å². The molecular formula is C16H22N2O2. The molecule has 5 rings (SSSR count). The molecule has 1 heterocycles. The third-order valence-electron chi connectivity index (χ3n) is 5.83. The van der Waals surface area contributed by atoms with Crippen molar-refractivity contribution in [2.45, 2.75) is 50.9 Å². The number of nitrogens with zero attached hydrogens (tertiary/aromatic N) is 1. The van der Waals surface area contributed by atoms with Crippen LogP contribution in [-0.2, 0) is 11.2 Å². The number of carboxylic acids is 1. The summed E-state index contributed by atoms with van der Waals surface area (Å²) in [5.41, 5.74) is 2.19. The van der Waals surface area contributed by atoms with Crippen LogP contribution in [-0.4, -0.2) is 21.3 Å². The number of carboxylic acid groups (broad SMARTS) is 1. The summed E-state index contributed by atoms with van der Waals surface area (Å²) in [5, 5.41) is 16.3. The Balaban J connectivity index is 1.51. The Morgan fingerprint density at radius 2 is 1.85 bits per heavy atom. The van der Waals surface area contributed by atoms with Gasteiger partial charge in [-0.1, -0.05) is 0 Å². The van der Waals surface area contributed by atoms with Crippen molar-refractivity contribution in [3.8, 4) is 0 Å². The first-order chi connectivity index (χ1) is 9.69. The Hall–Kier alpha value is -1.32. The lowest BCUT2D eigenvalue weighted by atomic mass is 9.51. The van der Waals surface area contributed by atoms with E-state index in [1.807, 2.05) is 0 Å². The van der Waals surface area contributed by atoms with E-state index in [9.17, 15) is 4.79 Å². The second kappa shape index (κ2) is 4.61. The first-order valence-corrected chi connectivity index (χ1v) is 7.95. The maximum absolute atomic E-state index is 10.6. The number of aromatic nitrogens is 2. The minimum Gasteiger partial charge on any atom is -0.481 e. The van der Waals surface area contributed by atoms with Gasteiger partial charge in [0.25, 0.3) is 0 Å². The van der Waals surface area contributed by atoms with Gasteiger partial charge in [0.1, 0.15) is 0 Å². The lowest BCUT2D eigenvalue weighted by Crippen LogP contribution is -2.43. The lowest BCUT2D eigenvalue weighted by molar-refractivity contribution is -0.136. The third kappa shape index (κ3) is 2.05. The van der Waals surface area contributed by atoms with Crippen LogP contribution in [0.15, 0.2) is 6.07 Å². The molecule has 108 valence electrons. The van der Waals surface area contributed by atoms with Gasteiger partial charge in [0.2, 0.25) is 0 Å².